The fourth-order valence-electron chi connectivity index (χ4n) is 8.51. The molecule has 6 nitrogen and oxygen atoms in total. The highest BCUT2D eigenvalue weighted by Gasteiger charge is 2.57. The number of benzene rings is 4. The first kappa shape index (κ1) is 29.6. The van der Waals surface area contributed by atoms with Gasteiger partial charge in [0.2, 0.25) is 9.84 Å². The van der Waals surface area contributed by atoms with Crippen LogP contribution in [0.4, 0.5) is 0 Å². The Morgan fingerprint density at radius 2 is 1.24 bits per heavy atom. The molecule has 9 rings (SSSR count). The van der Waals surface area contributed by atoms with E-state index < -0.39 is 20.7 Å². The number of rotatable bonds is 8. The first-order valence-electron chi connectivity index (χ1n) is 16.2. The maximum absolute atomic E-state index is 13.3. The van der Waals surface area contributed by atoms with E-state index in [-0.39, 0.29) is 18.2 Å². The normalized spacial score (nSPS) is 27.4. The summed E-state index contributed by atoms with van der Waals surface area (Å²) in [7, 11) is -4.58. The summed E-state index contributed by atoms with van der Waals surface area (Å²) in [6.07, 6.45) is 6.16. The molecule has 4 aromatic carbocycles. The van der Waals surface area contributed by atoms with Crippen LogP contribution in [0.3, 0.4) is 0 Å². The summed E-state index contributed by atoms with van der Waals surface area (Å²) in [5.41, 5.74) is 0.630. The summed E-state index contributed by atoms with van der Waals surface area (Å²) in [5, 5.41) is 0. The van der Waals surface area contributed by atoms with E-state index in [1.54, 1.807) is 24.3 Å². The lowest BCUT2D eigenvalue weighted by molar-refractivity contribution is -0.204. The molecule has 1 heterocycles. The summed E-state index contributed by atoms with van der Waals surface area (Å²) in [6, 6.07) is 30.2. The van der Waals surface area contributed by atoms with Gasteiger partial charge in [-0.25, -0.2) is 13.2 Å². The van der Waals surface area contributed by atoms with Crippen LogP contribution in [-0.2, 0) is 26.0 Å². The lowest BCUT2D eigenvalue weighted by Gasteiger charge is -2.59. The van der Waals surface area contributed by atoms with Crippen LogP contribution >= 0.6 is 10.9 Å². The summed E-state index contributed by atoms with van der Waals surface area (Å²) in [4.78, 5) is 16.4. The molecule has 46 heavy (non-hydrogen) atoms. The topological polar surface area (TPSA) is 78.9 Å². The minimum absolute atomic E-state index is 0.0898. The molecule has 4 saturated carbocycles. The van der Waals surface area contributed by atoms with Gasteiger partial charge in [-0.15, -0.1) is 0 Å². The summed E-state index contributed by atoms with van der Waals surface area (Å²) in [5.74, 6) is 3.70. The molecule has 0 aromatic heterocycles. The van der Waals surface area contributed by atoms with Crippen molar-refractivity contribution in [1.29, 1.82) is 0 Å². The van der Waals surface area contributed by atoms with E-state index in [0.29, 0.717) is 34.0 Å². The second kappa shape index (κ2) is 11.5. The minimum atomic E-state index is -3.55. The predicted octanol–water partition coefficient (Wildman–Crippen LogP) is 8.03. The molecule has 238 valence electrons. The molecule has 0 spiro atoms. The van der Waals surface area contributed by atoms with Crippen molar-refractivity contribution >= 4 is 26.7 Å². The van der Waals surface area contributed by atoms with Crippen LogP contribution in [0.2, 0.25) is 0 Å². The average Bonchev–Trinajstić information content (AvgIpc) is 3.06. The Labute approximate surface area is 273 Å². The number of ether oxygens (including phenoxy) is 3. The maximum atomic E-state index is 13.3. The third-order valence-electron chi connectivity index (χ3n) is 10.7. The number of carbonyl (C=O) groups is 1. The highest BCUT2D eigenvalue weighted by atomic mass is 32.2. The number of hydrogen-bond acceptors (Lipinski definition) is 6. The Hall–Kier alpha value is -3.75. The molecule has 4 aliphatic carbocycles. The fourth-order valence-corrected chi connectivity index (χ4v) is 13.5. The molecule has 0 N–H and O–H groups in total. The summed E-state index contributed by atoms with van der Waals surface area (Å²) in [6.45, 7) is 2.44. The number of thiol groups is 1. The van der Waals surface area contributed by atoms with Gasteiger partial charge in [0.1, 0.15) is 23.7 Å². The van der Waals surface area contributed by atoms with Crippen molar-refractivity contribution in [3.8, 4) is 11.5 Å². The number of esters is 1. The van der Waals surface area contributed by atoms with Crippen molar-refractivity contribution in [2.75, 3.05) is 6.61 Å². The molecular formula is C38H38O6S2. The van der Waals surface area contributed by atoms with Gasteiger partial charge in [-0.1, -0.05) is 36.4 Å². The Bertz CT molecular complexity index is 1800. The van der Waals surface area contributed by atoms with Crippen molar-refractivity contribution < 1.29 is 27.4 Å². The highest BCUT2D eigenvalue weighted by molar-refractivity contribution is 8.18. The standard InChI is InChI=1S/C38H38O6S2/c1-38(28-19-26-18-27(21-28)22-29(38)20-26)44-37(39)24-43-30-12-10-25(11-13-30)23-42-31-14-16-32(17-15-31)45-33-6-2-4-8-35(33)46(40,41)36-9-5-3-7-34(36)45/h2-17,26-29,45H,18-24H2,1H3. The van der Waals surface area contributed by atoms with E-state index in [9.17, 15) is 13.2 Å². The number of sulfone groups is 1. The van der Waals surface area contributed by atoms with Crippen LogP contribution in [0.25, 0.3) is 0 Å². The van der Waals surface area contributed by atoms with Crippen molar-refractivity contribution in [2.24, 2.45) is 23.7 Å². The molecule has 4 fully saturated rings. The molecule has 4 bridgehead atoms. The fraction of sp³-hybridized carbons (Fsp3) is 0.342. The molecule has 4 aromatic rings. The zero-order chi connectivity index (χ0) is 31.5. The average molecular weight is 655 g/mol. The van der Waals surface area contributed by atoms with Crippen molar-refractivity contribution in [1.82, 2.24) is 0 Å². The Morgan fingerprint density at radius 3 is 1.83 bits per heavy atom. The lowest BCUT2D eigenvalue weighted by Crippen LogP contribution is -2.58. The van der Waals surface area contributed by atoms with Crippen LogP contribution in [0, 0.1) is 23.7 Å². The van der Waals surface area contributed by atoms with Gasteiger partial charge in [-0.05, 0) is 134 Å². The van der Waals surface area contributed by atoms with Crippen LogP contribution in [0.15, 0.2) is 122 Å². The monoisotopic (exact) mass is 654 g/mol. The highest BCUT2D eigenvalue weighted by Crippen LogP contribution is 2.60. The molecular weight excluding hydrogens is 617 g/mol. The van der Waals surface area contributed by atoms with Gasteiger partial charge in [0.25, 0.3) is 0 Å². The van der Waals surface area contributed by atoms with Gasteiger partial charge >= 0.3 is 5.97 Å². The zero-order valence-corrected chi connectivity index (χ0v) is 27.5. The van der Waals surface area contributed by atoms with Gasteiger partial charge in [0, 0.05) is 9.79 Å². The van der Waals surface area contributed by atoms with Gasteiger partial charge in [-0.3, -0.25) is 0 Å². The first-order valence-corrected chi connectivity index (χ1v) is 19.0. The quantitative estimate of drug-likeness (QED) is 0.135. The third-order valence-corrected chi connectivity index (χ3v) is 15.4. The first-order chi connectivity index (χ1) is 22.3. The molecule has 8 heteroatoms. The van der Waals surface area contributed by atoms with Crippen molar-refractivity contribution in [3.05, 3.63) is 103 Å². The minimum Gasteiger partial charge on any atom is -0.489 e. The second-order valence-electron chi connectivity index (χ2n) is 13.5. The summed E-state index contributed by atoms with van der Waals surface area (Å²) >= 11 is 0. The maximum Gasteiger partial charge on any atom is 0.344 e. The van der Waals surface area contributed by atoms with E-state index in [2.05, 4.69) is 6.92 Å². The van der Waals surface area contributed by atoms with Crippen molar-refractivity contribution in [3.63, 3.8) is 0 Å². The third kappa shape index (κ3) is 5.20. The lowest BCUT2D eigenvalue weighted by atomic mass is 9.50. The van der Waals surface area contributed by atoms with Crippen LogP contribution < -0.4 is 9.47 Å². The van der Waals surface area contributed by atoms with Gasteiger partial charge < -0.3 is 14.2 Å². The van der Waals surface area contributed by atoms with E-state index in [1.807, 2.05) is 72.8 Å². The summed E-state index contributed by atoms with van der Waals surface area (Å²) < 4.78 is 44.7. The number of fused-ring (bicyclic) bond motifs is 2. The Balaban J connectivity index is 0.880. The van der Waals surface area contributed by atoms with Gasteiger partial charge in [0.15, 0.2) is 6.61 Å². The van der Waals surface area contributed by atoms with Gasteiger partial charge in [0.05, 0.1) is 9.79 Å². The predicted molar refractivity (Wildman–Crippen MR) is 176 cm³/mol. The molecule has 0 unspecified atom stereocenters. The van der Waals surface area contributed by atoms with Gasteiger partial charge in [-0.2, -0.15) is 10.9 Å². The molecule has 1 aliphatic heterocycles. The number of hydrogen-bond donors (Lipinski definition) is 1. The van der Waals surface area contributed by atoms with Crippen molar-refractivity contribution in [2.45, 2.75) is 75.7 Å². The molecule has 0 amide bonds. The largest absolute Gasteiger partial charge is 0.489 e. The van der Waals surface area contributed by atoms with E-state index in [4.69, 9.17) is 14.2 Å². The van der Waals surface area contributed by atoms with Crippen LogP contribution in [0.1, 0.15) is 44.6 Å². The van der Waals surface area contributed by atoms with E-state index in [1.165, 1.54) is 32.1 Å². The van der Waals surface area contributed by atoms with Crippen LogP contribution in [0.5, 0.6) is 11.5 Å². The molecule has 5 aliphatic rings. The molecule has 0 atom stereocenters. The van der Waals surface area contributed by atoms with Crippen LogP contribution in [-0.4, -0.2) is 26.6 Å². The Morgan fingerprint density at radius 1 is 0.717 bits per heavy atom. The molecule has 0 saturated heterocycles. The zero-order valence-electron chi connectivity index (χ0n) is 25.8. The number of carbonyl (C=O) groups excluding carboxylic acids is 1. The Kier molecular flexibility index (Phi) is 7.41. The SMILES string of the molecule is CC1(OC(=O)COc2ccc(COc3ccc([SH]4c5ccccc5S(=O)(=O)c5ccccc54)cc3)cc2)C2CC3CC(C2)CC1C3. The molecule has 0 radical (unpaired) electrons. The smallest absolute Gasteiger partial charge is 0.344 e. The van der Waals surface area contributed by atoms with E-state index >= 15 is 0 Å². The van der Waals surface area contributed by atoms with E-state index in [0.717, 1.165) is 37.8 Å². The second-order valence-corrected chi connectivity index (χ2v) is 17.5.